The largest absolute Gasteiger partial charge is 0.485 e. The lowest BCUT2D eigenvalue weighted by Crippen LogP contribution is -2.40. The Morgan fingerprint density at radius 3 is 2.94 bits per heavy atom. The molecule has 2 atom stereocenters. The molecule has 0 saturated carbocycles. The second kappa shape index (κ2) is 4.63. The summed E-state index contributed by atoms with van der Waals surface area (Å²) >= 11 is 0. The number of benzene rings is 1. The first-order valence-corrected chi connectivity index (χ1v) is 5.54. The van der Waals surface area contributed by atoms with E-state index in [1.165, 1.54) is 6.07 Å². The van der Waals surface area contributed by atoms with Crippen molar-refractivity contribution in [1.82, 2.24) is 0 Å². The van der Waals surface area contributed by atoms with E-state index >= 15 is 0 Å². The van der Waals surface area contributed by atoms with Gasteiger partial charge in [-0.1, -0.05) is 6.07 Å². The second-order valence-electron chi connectivity index (χ2n) is 4.09. The molecular weight excluding hydrogens is 222 g/mol. The number of fused-ring (bicyclic) bond motifs is 1. The molecule has 0 aromatic heterocycles. The summed E-state index contributed by atoms with van der Waals surface area (Å²) in [7, 11) is 0. The van der Waals surface area contributed by atoms with E-state index in [9.17, 15) is 4.79 Å². The minimum atomic E-state index is -1.01. The predicted octanol–water partition coefficient (Wildman–Crippen LogP) is 1.33. The van der Waals surface area contributed by atoms with Crippen LogP contribution >= 0.6 is 0 Å². The van der Waals surface area contributed by atoms with Crippen LogP contribution in [0.5, 0.6) is 5.75 Å². The van der Waals surface area contributed by atoms with Crippen LogP contribution < -0.4 is 10.1 Å². The number of aliphatic hydroxyl groups excluding tert-OH is 1. The molecule has 1 aliphatic heterocycles. The van der Waals surface area contributed by atoms with Crippen LogP contribution in [0, 0.1) is 0 Å². The van der Waals surface area contributed by atoms with Crippen molar-refractivity contribution >= 4 is 11.7 Å². The average Bonchev–Trinajstić information content (AvgIpc) is 2.29. The number of carbonyl (C=O) groups is 1. The van der Waals surface area contributed by atoms with Crippen LogP contribution in [0.4, 0.5) is 5.69 Å². The molecular formula is C12H15NO4. The SMILES string of the molecule is CC1Nc2cccc(C(=O)O)c2OC1CCO. The highest BCUT2D eigenvalue weighted by Gasteiger charge is 2.28. The van der Waals surface area contributed by atoms with Crippen LogP contribution in [0.2, 0.25) is 0 Å². The Kier molecular flexibility index (Phi) is 3.19. The first-order valence-electron chi connectivity index (χ1n) is 5.54. The van der Waals surface area contributed by atoms with Crippen LogP contribution in [0.25, 0.3) is 0 Å². The molecule has 5 heteroatoms. The molecule has 1 heterocycles. The van der Waals surface area contributed by atoms with E-state index in [1.807, 2.05) is 6.92 Å². The van der Waals surface area contributed by atoms with Gasteiger partial charge in [-0.3, -0.25) is 0 Å². The van der Waals surface area contributed by atoms with Crippen molar-refractivity contribution in [1.29, 1.82) is 0 Å². The van der Waals surface area contributed by atoms with Crippen LogP contribution in [0.15, 0.2) is 18.2 Å². The van der Waals surface area contributed by atoms with Gasteiger partial charge >= 0.3 is 5.97 Å². The quantitative estimate of drug-likeness (QED) is 0.739. The number of carboxylic acid groups (broad SMARTS) is 1. The van der Waals surface area contributed by atoms with Gasteiger partial charge in [0.25, 0.3) is 0 Å². The Bertz CT molecular complexity index is 433. The standard InChI is InChI=1S/C12H15NO4/c1-7-10(5-6-14)17-11-8(12(15)16)3-2-4-9(11)13-7/h2-4,7,10,13-14H,5-6H2,1H3,(H,15,16). The summed E-state index contributed by atoms with van der Waals surface area (Å²) in [5.74, 6) is -0.655. The molecule has 0 spiro atoms. The molecule has 2 rings (SSSR count). The molecule has 0 radical (unpaired) electrons. The number of aliphatic hydroxyl groups is 1. The fourth-order valence-corrected chi connectivity index (χ4v) is 1.97. The van der Waals surface area contributed by atoms with E-state index < -0.39 is 5.97 Å². The van der Waals surface area contributed by atoms with Crippen LogP contribution in [0.1, 0.15) is 23.7 Å². The third kappa shape index (κ3) is 2.19. The molecule has 92 valence electrons. The van der Waals surface area contributed by atoms with Gasteiger partial charge in [-0.2, -0.15) is 0 Å². The molecule has 0 bridgehead atoms. The lowest BCUT2D eigenvalue weighted by atomic mass is 10.0. The first kappa shape index (κ1) is 11.7. The number of carboxylic acids is 1. The van der Waals surface area contributed by atoms with Crippen LogP contribution in [0.3, 0.4) is 0 Å². The second-order valence-corrected chi connectivity index (χ2v) is 4.09. The summed E-state index contributed by atoms with van der Waals surface area (Å²) in [6, 6.07) is 5.01. The van der Waals surface area contributed by atoms with Crippen molar-refractivity contribution in [3.05, 3.63) is 23.8 Å². The van der Waals surface area contributed by atoms with Crippen molar-refractivity contribution < 1.29 is 19.7 Å². The number of hydrogen-bond acceptors (Lipinski definition) is 4. The molecule has 3 N–H and O–H groups in total. The van der Waals surface area contributed by atoms with E-state index in [0.717, 1.165) is 0 Å². The third-order valence-electron chi connectivity index (χ3n) is 2.87. The number of ether oxygens (including phenoxy) is 1. The smallest absolute Gasteiger partial charge is 0.339 e. The molecule has 1 aromatic carbocycles. The molecule has 0 fully saturated rings. The Labute approximate surface area is 99.0 Å². The van der Waals surface area contributed by atoms with E-state index in [2.05, 4.69) is 5.32 Å². The maximum Gasteiger partial charge on any atom is 0.339 e. The van der Waals surface area contributed by atoms with Crippen molar-refractivity contribution in [3.63, 3.8) is 0 Å². The van der Waals surface area contributed by atoms with Crippen molar-refractivity contribution in [2.45, 2.75) is 25.5 Å². The molecule has 17 heavy (non-hydrogen) atoms. The van der Waals surface area contributed by atoms with Gasteiger partial charge in [0, 0.05) is 13.0 Å². The third-order valence-corrected chi connectivity index (χ3v) is 2.87. The summed E-state index contributed by atoms with van der Waals surface area (Å²) in [5, 5.41) is 21.2. The maximum absolute atomic E-state index is 11.1. The number of anilines is 1. The monoisotopic (exact) mass is 237 g/mol. The van der Waals surface area contributed by atoms with E-state index in [4.69, 9.17) is 14.9 Å². The average molecular weight is 237 g/mol. The number of para-hydroxylation sites is 1. The van der Waals surface area contributed by atoms with Crippen molar-refractivity contribution in [2.75, 3.05) is 11.9 Å². The van der Waals surface area contributed by atoms with Gasteiger partial charge in [-0.05, 0) is 19.1 Å². The molecule has 1 aromatic rings. The van der Waals surface area contributed by atoms with Gasteiger partial charge in [-0.25, -0.2) is 4.79 Å². The number of rotatable bonds is 3. The molecule has 1 aliphatic rings. The van der Waals surface area contributed by atoms with Gasteiger partial charge in [0.15, 0.2) is 5.75 Å². The minimum Gasteiger partial charge on any atom is -0.485 e. The molecule has 0 saturated heterocycles. The normalized spacial score (nSPS) is 22.2. The summed E-state index contributed by atoms with van der Waals surface area (Å²) in [4.78, 5) is 11.1. The van der Waals surface area contributed by atoms with Gasteiger partial charge in [0.2, 0.25) is 0 Å². The van der Waals surface area contributed by atoms with Crippen LogP contribution in [-0.2, 0) is 0 Å². The van der Waals surface area contributed by atoms with E-state index in [0.29, 0.717) is 17.9 Å². The molecule has 2 unspecified atom stereocenters. The lowest BCUT2D eigenvalue weighted by molar-refractivity contribution is 0.0684. The predicted molar refractivity (Wildman–Crippen MR) is 62.6 cm³/mol. The first-order chi connectivity index (χ1) is 8.13. The Morgan fingerprint density at radius 2 is 2.29 bits per heavy atom. The highest BCUT2D eigenvalue weighted by molar-refractivity contribution is 5.93. The van der Waals surface area contributed by atoms with Crippen molar-refractivity contribution in [3.8, 4) is 5.75 Å². The van der Waals surface area contributed by atoms with Crippen molar-refractivity contribution in [2.24, 2.45) is 0 Å². The summed E-state index contributed by atoms with van der Waals surface area (Å²) in [5.41, 5.74) is 0.830. The Hall–Kier alpha value is -1.75. The zero-order valence-corrected chi connectivity index (χ0v) is 9.51. The minimum absolute atomic E-state index is 0.0151. The van der Waals surface area contributed by atoms with Gasteiger partial charge < -0.3 is 20.3 Å². The lowest BCUT2D eigenvalue weighted by Gasteiger charge is -2.33. The fraction of sp³-hybridized carbons (Fsp3) is 0.417. The highest BCUT2D eigenvalue weighted by Crippen LogP contribution is 2.35. The summed E-state index contributed by atoms with van der Waals surface area (Å²) in [6.07, 6.45) is 0.259. The zero-order chi connectivity index (χ0) is 12.4. The maximum atomic E-state index is 11.1. The van der Waals surface area contributed by atoms with Crippen LogP contribution in [-0.4, -0.2) is 34.9 Å². The molecule has 5 nitrogen and oxygen atoms in total. The Morgan fingerprint density at radius 1 is 1.53 bits per heavy atom. The number of aromatic carboxylic acids is 1. The van der Waals surface area contributed by atoms with E-state index in [1.54, 1.807) is 12.1 Å². The zero-order valence-electron chi connectivity index (χ0n) is 9.51. The van der Waals surface area contributed by atoms with Gasteiger partial charge in [0.1, 0.15) is 11.7 Å². The number of nitrogens with one attached hydrogen (secondary N) is 1. The molecule has 0 aliphatic carbocycles. The fourth-order valence-electron chi connectivity index (χ4n) is 1.97. The van der Waals surface area contributed by atoms with Gasteiger partial charge in [0.05, 0.1) is 11.7 Å². The highest BCUT2D eigenvalue weighted by atomic mass is 16.5. The van der Waals surface area contributed by atoms with Gasteiger partial charge in [-0.15, -0.1) is 0 Å². The topological polar surface area (TPSA) is 78.8 Å². The Balaban J connectivity index is 2.36. The van der Waals surface area contributed by atoms with E-state index in [-0.39, 0.29) is 24.3 Å². The summed E-state index contributed by atoms with van der Waals surface area (Å²) in [6.45, 7) is 1.96. The molecule has 0 amide bonds. The number of hydrogen-bond donors (Lipinski definition) is 3. The summed E-state index contributed by atoms with van der Waals surface area (Å²) < 4.78 is 5.67.